The van der Waals surface area contributed by atoms with Crippen LogP contribution in [-0.2, 0) is 25.7 Å². The summed E-state index contributed by atoms with van der Waals surface area (Å²) >= 11 is 0. The molecule has 2 aromatic carbocycles. The zero-order chi connectivity index (χ0) is 51.9. The molecule has 2 aliphatic rings. The van der Waals surface area contributed by atoms with Crippen LogP contribution in [0.3, 0.4) is 0 Å². The fraction of sp³-hybridized carbons (Fsp3) is 0.791. The van der Waals surface area contributed by atoms with Crippen LogP contribution in [0.25, 0.3) is 0 Å². The molecule has 0 atom stereocenters. The third-order valence-electron chi connectivity index (χ3n) is 17.1. The second-order valence-corrected chi connectivity index (χ2v) is 23.6. The van der Waals surface area contributed by atoms with Gasteiger partial charge >= 0.3 is 12.2 Å². The van der Waals surface area contributed by atoms with E-state index in [4.69, 9.17) is 9.47 Å². The predicted molar refractivity (Wildman–Crippen MR) is 313 cm³/mol. The summed E-state index contributed by atoms with van der Waals surface area (Å²) in [4.78, 5) is 28.9. The Balaban J connectivity index is 1.46. The van der Waals surface area contributed by atoms with Crippen LogP contribution in [0.15, 0.2) is 36.4 Å². The quantitative estimate of drug-likeness (QED) is 0.0650. The van der Waals surface area contributed by atoms with Gasteiger partial charge in [0, 0.05) is 11.1 Å². The number of carbonyl (C=O) groups is 2. The van der Waals surface area contributed by atoms with Gasteiger partial charge in [0.05, 0.1) is 0 Å². The minimum absolute atomic E-state index is 0.337. The molecule has 2 amide bonds. The second kappa shape index (κ2) is 39.4. The topological polar surface area (TPSA) is 76.7 Å². The van der Waals surface area contributed by atoms with Crippen molar-refractivity contribution in [3.05, 3.63) is 58.7 Å². The zero-order valence-electron chi connectivity index (χ0n) is 48.3. The average molecular weight is 1010 g/mol. The first kappa shape index (κ1) is 62.5. The number of benzene rings is 2. The second-order valence-electron chi connectivity index (χ2n) is 23.6. The molecular weight excluding hydrogens is 897 g/mol. The molecular formula is C67H114N2O4. The van der Waals surface area contributed by atoms with E-state index in [1.54, 1.807) is 0 Å². The highest BCUT2D eigenvalue weighted by Gasteiger charge is 2.45. The fourth-order valence-electron chi connectivity index (χ4n) is 12.7. The van der Waals surface area contributed by atoms with Gasteiger partial charge in [-0.1, -0.05) is 270 Å². The lowest BCUT2D eigenvalue weighted by molar-refractivity contribution is 0.107. The van der Waals surface area contributed by atoms with Gasteiger partial charge in [0.25, 0.3) is 0 Å². The van der Waals surface area contributed by atoms with Crippen molar-refractivity contribution < 1.29 is 19.1 Å². The molecule has 2 N–H and O–H groups in total. The first-order chi connectivity index (χ1) is 35.9. The van der Waals surface area contributed by atoms with Crippen molar-refractivity contribution >= 4 is 12.2 Å². The van der Waals surface area contributed by atoms with Gasteiger partial charge in [-0.15, -0.1) is 0 Å². The number of aryl methyl sites for hydroxylation is 2. The third kappa shape index (κ3) is 26.1. The van der Waals surface area contributed by atoms with E-state index in [-0.39, 0.29) is 12.2 Å². The van der Waals surface area contributed by atoms with Gasteiger partial charge in [0.15, 0.2) is 0 Å². The summed E-state index contributed by atoms with van der Waals surface area (Å²) in [6, 6.07) is 12.9. The third-order valence-corrected chi connectivity index (χ3v) is 17.1. The zero-order valence-corrected chi connectivity index (χ0v) is 48.3. The Morgan fingerprint density at radius 3 is 0.945 bits per heavy atom. The van der Waals surface area contributed by atoms with E-state index >= 15 is 0 Å². The molecule has 2 aromatic rings. The summed E-state index contributed by atoms with van der Waals surface area (Å²) in [7, 11) is 0. The van der Waals surface area contributed by atoms with Crippen molar-refractivity contribution in [2.24, 2.45) is 0 Å². The maximum atomic E-state index is 14.4. The van der Waals surface area contributed by atoms with Crippen LogP contribution in [0.5, 0.6) is 11.5 Å². The van der Waals surface area contributed by atoms with Crippen molar-refractivity contribution in [2.75, 3.05) is 0 Å². The predicted octanol–water partition coefficient (Wildman–Crippen LogP) is 21.1. The number of hydrogen-bond donors (Lipinski definition) is 2. The van der Waals surface area contributed by atoms with Gasteiger partial charge in [0.2, 0.25) is 0 Å². The average Bonchev–Trinajstić information content (AvgIpc) is 3.38. The van der Waals surface area contributed by atoms with E-state index in [0.717, 1.165) is 101 Å². The van der Waals surface area contributed by atoms with E-state index in [2.05, 4.69) is 62.6 Å². The molecule has 4 rings (SSSR count). The van der Waals surface area contributed by atoms with Crippen molar-refractivity contribution in [2.45, 2.75) is 341 Å². The molecule has 2 aliphatic carbocycles. The molecule has 6 heteroatoms. The molecule has 0 aliphatic heterocycles. The molecule has 73 heavy (non-hydrogen) atoms. The molecule has 2 saturated carbocycles. The molecule has 0 aromatic heterocycles. The lowest BCUT2D eigenvalue weighted by Crippen LogP contribution is -2.60. The van der Waals surface area contributed by atoms with Gasteiger partial charge < -0.3 is 20.1 Å². The number of hydrogen-bond acceptors (Lipinski definition) is 4. The number of ether oxygens (including phenoxy) is 2. The van der Waals surface area contributed by atoms with Crippen molar-refractivity contribution in [1.29, 1.82) is 0 Å². The van der Waals surface area contributed by atoms with E-state index in [1.807, 2.05) is 12.1 Å². The van der Waals surface area contributed by atoms with Crippen molar-refractivity contribution in [1.82, 2.24) is 10.6 Å². The summed E-state index contributed by atoms with van der Waals surface area (Å²) in [5.74, 6) is 1.48. The molecule has 416 valence electrons. The van der Waals surface area contributed by atoms with E-state index in [9.17, 15) is 9.59 Å². The number of nitrogens with one attached hydrogen (secondary N) is 2. The first-order valence-electron chi connectivity index (χ1n) is 32.1. The van der Waals surface area contributed by atoms with Crippen LogP contribution in [0.2, 0.25) is 0 Å². The van der Waals surface area contributed by atoms with Crippen LogP contribution >= 0.6 is 0 Å². The summed E-state index contributed by atoms with van der Waals surface area (Å²) in [6.07, 6.45) is 55.6. The highest BCUT2D eigenvalue weighted by molar-refractivity contribution is 5.73. The van der Waals surface area contributed by atoms with E-state index < -0.39 is 11.1 Å². The Kier molecular flexibility index (Phi) is 33.7. The SMILES string of the molecule is CCCCCCCCCCc1cccc(OC(=O)NC2(CC3(NC(=O)Oc4cccc(CCCCCCCCCC)c4CCCCCCCCCC)CCCCC3)CCCCC2)c1CCCCCCCCCC. The Morgan fingerprint density at radius 2 is 0.644 bits per heavy atom. The molecule has 0 spiro atoms. The van der Waals surface area contributed by atoms with Gasteiger partial charge in [-0.2, -0.15) is 0 Å². The normalized spacial score (nSPS) is 15.3. The highest BCUT2D eigenvalue weighted by atomic mass is 16.6. The standard InChI is InChI=1S/C67H114N2O4/c1-5-9-13-17-21-25-29-35-45-58-47-43-51-62(60(58)49-37-31-27-23-19-15-11-7-3)72-64(70)68-66(53-39-33-40-54-66)57-67(55-41-34-42-56-67)69-65(71)73-63-52-44-48-59(46-36-30-26-22-18-14-10-6-2)61(63)50-38-32-28-24-20-16-12-8-4/h43-44,47-48,51-52H,5-42,45-46,49-50,53-57H2,1-4H3,(H,68,70)(H,69,71). The van der Waals surface area contributed by atoms with Crippen LogP contribution in [-0.4, -0.2) is 23.3 Å². The fourth-order valence-corrected chi connectivity index (χ4v) is 12.7. The maximum absolute atomic E-state index is 14.4. The number of rotatable bonds is 42. The van der Waals surface area contributed by atoms with Crippen LogP contribution in [0, 0.1) is 0 Å². The van der Waals surface area contributed by atoms with Crippen molar-refractivity contribution in [3.8, 4) is 11.5 Å². The molecule has 0 saturated heterocycles. The first-order valence-corrected chi connectivity index (χ1v) is 32.1. The smallest absolute Gasteiger partial charge is 0.410 e. The monoisotopic (exact) mass is 1010 g/mol. The van der Waals surface area contributed by atoms with Crippen molar-refractivity contribution in [3.63, 3.8) is 0 Å². The Morgan fingerprint density at radius 1 is 0.370 bits per heavy atom. The molecule has 0 radical (unpaired) electrons. The van der Waals surface area contributed by atoms with Crippen LogP contribution < -0.4 is 20.1 Å². The minimum Gasteiger partial charge on any atom is -0.410 e. The Hall–Kier alpha value is -3.02. The van der Waals surface area contributed by atoms with Crippen LogP contribution in [0.1, 0.15) is 326 Å². The summed E-state index contributed by atoms with van der Waals surface area (Å²) in [6.45, 7) is 9.15. The Labute approximate surface area is 450 Å². The van der Waals surface area contributed by atoms with E-state index in [1.165, 1.54) is 228 Å². The molecule has 0 unspecified atom stereocenters. The van der Waals surface area contributed by atoms with Crippen LogP contribution in [0.4, 0.5) is 9.59 Å². The molecule has 6 nitrogen and oxygen atoms in total. The van der Waals surface area contributed by atoms with Gasteiger partial charge in [-0.3, -0.25) is 0 Å². The summed E-state index contributed by atoms with van der Waals surface area (Å²) < 4.78 is 13.0. The number of carbonyl (C=O) groups excluding carboxylic acids is 2. The van der Waals surface area contributed by atoms with Gasteiger partial charge in [0.1, 0.15) is 11.5 Å². The Bertz CT molecular complexity index is 1590. The van der Waals surface area contributed by atoms with Gasteiger partial charge in [-0.25, -0.2) is 9.59 Å². The lowest BCUT2D eigenvalue weighted by atomic mass is 9.68. The largest absolute Gasteiger partial charge is 0.413 e. The summed E-state index contributed by atoms with van der Waals surface area (Å²) in [5, 5.41) is 7.11. The molecule has 2 fully saturated rings. The summed E-state index contributed by atoms with van der Waals surface area (Å²) in [5.41, 5.74) is 4.28. The minimum atomic E-state index is -0.454. The number of amides is 2. The number of unbranched alkanes of at least 4 members (excludes halogenated alkanes) is 28. The molecule has 0 bridgehead atoms. The van der Waals surface area contributed by atoms with Gasteiger partial charge in [-0.05, 0) is 118 Å². The maximum Gasteiger partial charge on any atom is 0.413 e. The molecule has 0 heterocycles. The lowest BCUT2D eigenvalue weighted by Gasteiger charge is -2.47. The highest BCUT2D eigenvalue weighted by Crippen LogP contribution is 2.42. The van der Waals surface area contributed by atoms with E-state index in [0.29, 0.717) is 6.42 Å².